The summed E-state index contributed by atoms with van der Waals surface area (Å²) in [5.41, 5.74) is 0. The van der Waals surface area contributed by atoms with Gasteiger partial charge in [-0.2, -0.15) is 13.2 Å². The number of nitrogens with zero attached hydrogens (tertiary/aromatic N) is 1. The molecule has 0 aromatic carbocycles. The van der Waals surface area contributed by atoms with Crippen LogP contribution < -0.4 is 5.32 Å². The molecule has 1 aliphatic rings. The number of rotatable bonds is 1. The Bertz CT molecular complexity index is 174. The van der Waals surface area contributed by atoms with Gasteiger partial charge in [0, 0.05) is 19.6 Å². The monoisotopic (exact) mass is 258 g/mol. The van der Waals surface area contributed by atoms with E-state index in [1.165, 1.54) is 0 Å². The molecule has 1 rings (SSSR count). The van der Waals surface area contributed by atoms with Crippen LogP contribution in [0.5, 0.6) is 0 Å². The number of alkyl halides is 3. The van der Waals surface area contributed by atoms with E-state index in [4.69, 9.17) is 4.74 Å². The van der Waals surface area contributed by atoms with Crippen LogP contribution in [0, 0.1) is 0 Å². The highest BCUT2D eigenvalue weighted by Crippen LogP contribution is 1.96. The van der Waals surface area contributed by atoms with Crippen LogP contribution >= 0.6 is 0 Å². The predicted molar refractivity (Wildman–Crippen MR) is 59.9 cm³/mol. The van der Waals surface area contributed by atoms with Crippen molar-refractivity contribution in [2.45, 2.75) is 27.5 Å². The summed E-state index contributed by atoms with van der Waals surface area (Å²) in [6.07, 6.45) is 0. The molecule has 0 bridgehead atoms. The van der Waals surface area contributed by atoms with Gasteiger partial charge in [0.05, 0.1) is 13.2 Å². The zero-order valence-electron chi connectivity index (χ0n) is 10.5. The van der Waals surface area contributed by atoms with Crippen LogP contribution in [0.4, 0.5) is 18.0 Å². The third-order valence-corrected chi connectivity index (χ3v) is 1.63. The SMILES string of the molecule is CC.CCNC(=O)N1CCOCC1.FC(F)F. The van der Waals surface area contributed by atoms with E-state index in [9.17, 15) is 18.0 Å². The Balaban J connectivity index is 0. The van der Waals surface area contributed by atoms with Crippen molar-refractivity contribution in [1.29, 1.82) is 0 Å². The molecule has 1 aliphatic heterocycles. The molecule has 0 radical (unpaired) electrons. The molecule has 17 heavy (non-hydrogen) atoms. The number of morpholine rings is 1. The summed E-state index contributed by atoms with van der Waals surface area (Å²) in [5.74, 6) is 0. The second-order valence-electron chi connectivity index (χ2n) is 2.68. The Morgan fingerprint density at radius 3 is 2.06 bits per heavy atom. The average molecular weight is 258 g/mol. The molecule has 0 saturated carbocycles. The van der Waals surface area contributed by atoms with Gasteiger partial charge in [-0.15, -0.1) is 0 Å². The van der Waals surface area contributed by atoms with Gasteiger partial charge >= 0.3 is 12.7 Å². The lowest BCUT2D eigenvalue weighted by Crippen LogP contribution is -2.46. The highest BCUT2D eigenvalue weighted by Gasteiger charge is 2.14. The van der Waals surface area contributed by atoms with E-state index in [2.05, 4.69) is 5.32 Å². The van der Waals surface area contributed by atoms with Crippen LogP contribution in [0.1, 0.15) is 20.8 Å². The third kappa shape index (κ3) is 13.0. The first-order valence-electron chi connectivity index (χ1n) is 5.60. The Labute approximate surface area is 100 Å². The van der Waals surface area contributed by atoms with E-state index < -0.39 is 6.68 Å². The number of nitrogens with one attached hydrogen (secondary N) is 1. The van der Waals surface area contributed by atoms with Crippen molar-refractivity contribution in [2.75, 3.05) is 32.8 Å². The highest BCUT2D eigenvalue weighted by atomic mass is 19.4. The Morgan fingerprint density at radius 2 is 1.71 bits per heavy atom. The average Bonchev–Trinajstić information content (AvgIpc) is 2.32. The maximum absolute atomic E-state index is 11.2. The van der Waals surface area contributed by atoms with Crippen LogP contribution in [-0.4, -0.2) is 50.5 Å². The van der Waals surface area contributed by atoms with Gasteiger partial charge in [-0.25, -0.2) is 4.79 Å². The largest absolute Gasteiger partial charge is 0.379 e. The molecule has 1 saturated heterocycles. The molecule has 4 nitrogen and oxygen atoms in total. The second kappa shape index (κ2) is 13.1. The zero-order valence-corrected chi connectivity index (χ0v) is 10.5. The minimum absolute atomic E-state index is 0.0239. The second-order valence-corrected chi connectivity index (χ2v) is 2.68. The molecule has 0 aromatic rings. The fourth-order valence-corrected chi connectivity index (χ4v) is 1.03. The maximum atomic E-state index is 11.2. The molecule has 0 aliphatic carbocycles. The van der Waals surface area contributed by atoms with Crippen LogP contribution in [0.3, 0.4) is 0 Å². The van der Waals surface area contributed by atoms with E-state index in [1.807, 2.05) is 20.8 Å². The molecular formula is C10H21F3N2O2. The normalized spacial score (nSPS) is 14.2. The Morgan fingerprint density at radius 1 is 1.29 bits per heavy atom. The van der Waals surface area contributed by atoms with E-state index in [0.29, 0.717) is 32.8 Å². The molecule has 0 spiro atoms. The molecular weight excluding hydrogens is 237 g/mol. The van der Waals surface area contributed by atoms with Gasteiger partial charge in [-0.3, -0.25) is 0 Å². The third-order valence-electron chi connectivity index (χ3n) is 1.63. The lowest BCUT2D eigenvalue weighted by Gasteiger charge is -2.26. The standard InChI is InChI=1S/C7H14N2O2.C2H6.CHF3/c1-2-8-7(10)9-3-5-11-6-4-9;1-2;2-1(3)4/h2-6H2,1H3,(H,8,10);1-2H3;1H. The molecule has 1 fully saturated rings. The van der Waals surface area contributed by atoms with E-state index >= 15 is 0 Å². The van der Waals surface area contributed by atoms with Crippen molar-refractivity contribution in [3.05, 3.63) is 0 Å². The van der Waals surface area contributed by atoms with E-state index in [-0.39, 0.29) is 6.03 Å². The lowest BCUT2D eigenvalue weighted by atomic mass is 10.4. The van der Waals surface area contributed by atoms with Gasteiger partial charge in [0.1, 0.15) is 0 Å². The molecule has 1 N–H and O–H groups in total. The summed E-state index contributed by atoms with van der Waals surface area (Å²) in [7, 11) is 0. The summed E-state index contributed by atoms with van der Waals surface area (Å²) in [5, 5.41) is 2.75. The fourth-order valence-electron chi connectivity index (χ4n) is 1.03. The molecule has 7 heteroatoms. The smallest absolute Gasteiger partial charge is 0.378 e. The number of halogens is 3. The number of hydrogen-bond donors (Lipinski definition) is 1. The Hall–Kier alpha value is -0.980. The highest BCUT2D eigenvalue weighted by molar-refractivity contribution is 5.74. The first-order chi connectivity index (χ1) is 8.07. The Kier molecular flexibility index (Phi) is 14.2. The van der Waals surface area contributed by atoms with Crippen molar-refractivity contribution in [3.63, 3.8) is 0 Å². The van der Waals surface area contributed by atoms with Crippen LogP contribution in [0.25, 0.3) is 0 Å². The summed E-state index contributed by atoms with van der Waals surface area (Å²) in [4.78, 5) is 12.9. The van der Waals surface area contributed by atoms with Crippen LogP contribution in [0.15, 0.2) is 0 Å². The summed E-state index contributed by atoms with van der Waals surface area (Å²) < 4.78 is 34.1. The van der Waals surface area contributed by atoms with Gasteiger partial charge < -0.3 is 15.0 Å². The summed E-state index contributed by atoms with van der Waals surface area (Å²) in [6.45, 7) is 5.69. The molecule has 104 valence electrons. The van der Waals surface area contributed by atoms with Crippen molar-refractivity contribution >= 4 is 6.03 Å². The molecule has 2 amide bonds. The van der Waals surface area contributed by atoms with Crippen LogP contribution in [-0.2, 0) is 4.74 Å². The minimum atomic E-state index is -3.67. The number of urea groups is 1. The van der Waals surface area contributed by atoms with Crippen molar-refractivity contribution < 1.29 is 22.7 Å². The number of ether oxygens (including phenoxy) is 1. The number of hydrogen-bond acceptors (Lipinski definition) is 2. The zero-order chi connectivity index (χ0) is 13.7. The molecule has 0 unspecified atom stereocenters. The number of amides is 2. The minimum Gasteiger partial charge on any atom is -0.378 e. The molecule has 1 heterocycles. The van der Waals surface area contributed by atoms with Crippen molar-refractivity contribution in [1.82, 2.24) is 10.2 Å². The lowest BCUT2D eigenvalue weighted by molar-refractivity contribution is 0.00819. The van der Waals surface area contributed by atoms with Crippen molar-refractivity contribution in [3.8, 4) is 0 Å². The summed E-state index contributed by atoms with van der Waals surface area (Å²) >= 11 is 0. The molecule has 0 aromatic heterocycles. The maximum Gasteiger partial charge on any atom is 0.379 e. The fraction of sp³-hybridized carbons (Fsp3) is 0.900. The predicted octanol–water partition coefficient (Wildman–Crippen LogP) is 2.25. The van der Waals surface area contributed by atoms with Gasteiger partial charge in [0.15, 0.2) is 0 Å². The van der Waals surface area contributed by atoms with Crippen molar-refractivity contribution in [2.24, 2.45) is 0 Å². The number of carbonyl (C=O) groups is 1. The van der Waals surface area contributed by atoms with Gasteiger partial charge in [-0.1, -0.05) is 13.8 Å². The van der Waals surface area contributed by atoms with E-state index in [1.54, 1.807) is 4.90 Å². The first-order valence-corrected chi connectivity index (χ1v) is 5.60. The summed E-state index contributed by atoms with van der Waals surface area (Å²) in [6, 6.07) is 0.0239. The number of carbonyl (C=O) groups excluding carboxylic acids is 1. The van der Waals surface area contributed by atoms with Gasteiger partial charge in [-0.05, 0) is 6.92 Å². The van der Waals surface area contributed by atoms with Crippen LogP contribution in [0.2, 0.25) is 0 Å². The first kappa shape index (κ1) is 18.4. The van der Waals surface area contributed by atoms with Gasteiger partial charge in [0.2, 0.25) is 0 Å². The van der Waals surface area contributed by atoms with E-state index in [0.717, 1.165) is 0 Å². The van der Waals surface area contributed by atoms with Gasteiger partial charge in [0.25, 0.3) is 0 Å². The quantitative estimate of drug-likeness (QED) is 0.783. The molecule has 0 atom stereocenters. The topological polar surface area (TPSA) is 41.6 Å².